The molecule has 5 heterocycles. The van der Waals surface area contributed by atoms with Crippen LogP contribution in [0, 0.1) is 5.92 Å². The Kier molecular flexibility index (Phi) is 3.94. The fraction of sp³-hybridized carbons (Fsp3) is 0.375. The van der Waals surface area contributed by atoms with E-state index in [1.807, 2.05) is 35.4 Å². The van der Waals surface area contributed by atoms with Crippen molar-refractivity contribution in [2.75, 3.05) is 24.5 Å². The molecule has 0 radical (unpaired) electrons. The van der Waals surface area contributed by atoms with E-state index in [0.29, 0.717) is 13.0 Å². The van der Waals surface area contributed by atoms with Crippen molar-refractivity contribution < 1.29 is 4.79 Å². The highest BCUT2D eigenvalue weighted by atomic mass is 16.2. The molecule has 6 nitrogen and oxygen atoms in total. The molecule has 6 rings (SSSR count). The normalized spacial score (nSPS) is 22.3. The smallest absolute Gasteiger partial charge is 0.228 e. The number of fused-ring (bicyclic) bond motifs is 4. The number of anilines is 1. The fourth-order valence-electron chi connectivity index (χ4n) is 5.14. The Balaban J connectivity index is 1.36. The maximum atomic E-state index is 13.1. The number of hydrogen-bond acceptors (Lipinski definition) is 4. The van der Waals surface area contributed by atoms with Gasteiger partial charge in [-0.05, 0) is 61.6 Å². The molecule has 1 saturated carbocycles. The molecule has 1 amide bonds. The molecule has 1 spiro atoms. The third-order valence-electron chi connectivity index (χ3n) is 6.82. The van der Waals surface area contributed by atoms with Crippen molar-refractivity contribution in [2.45, 2.75) is 31.2 Å². The number of carbonyl (C=O) groups excluding carboxylic acids is 1. The standard InChI is InChI=1S/C24H25N5O/c30-22(15-19-5-1-2-11-25-19)27-14-10-24(17-27)21-7-4-13-28(21)23-20(6-3-12-26-23)29(24)16-18-8-9-18/h1-7,11-13,18H,8-10,14-17H2. The van der Waals surface area contributed by atoms with Gasteiger partial charge in [0.1, 0.15) is 5.54 Å². The first-order valence-electron chi connectivity index (χ1n) is 10.8. The van der Waals surface area contributed by atoms with E-state index in [9.17, 15) is 4.79 Å². The second-order valence-electron chi connectivity index (χ2n) is 8.76. The summed E-state index contributed by atoms with van der Waals surface area (Å²) in [6, 6.07) is 14.3. The molecule has 1 unspecified atom stereocenters. The van der Waals surface area contributed by atoms with E-state index < -0.39 is 0 Å². The summed E-state index contributed by atoms with van der Waals surface area (Å²) in [6.45, 7) is 2.52. The van der Waals surface area contributed by atoms with Gasteiger partial charge in [0.05, 0.1) is 17.8 Å². The summed E-state index contributed by atoms with van der Waals surface area (Å²) in [7, 11) is 0. The summed E-state index contributed by atoms with van der Waals surface area (Å²) < 4.78 is 2.23. The lowest BCUT2D eigenvalue weighted by atomic mass is 9.88. The van der Waals surface area contributed by atoms with Crippen LogP contribution >= 0.6 is 0 Å². The number of pyridine rings is 2. The van der Waals surface area contributed by atoms with Gasteiger partial charge in [-0.3, -0.25) is 9.78 Å². The van der Waals surface area contributed by atoms with Crippen LogP contribution in [0.2, 0.25) is 0 Å². The number of aromatic nitrogens is 3. The average molecular weight is 399 g/mol. The number of likely N-dealkylation sites (tertiary alicyclic amines) is 1. The first kappa shape index (κ1) is 17.7. The summed E-state index contributed by atoms with van der Waals surface area (Å²) >= 11 is 0. The second-order valence-corrected chi connectivity index (χ2v) is 8.76. The number of amides is 1. The highest BCUT2D eigenvalue weighted by Gasteiger charge is 2.51. The third kappa shape index (κ3) is 2.74. The molecule has 1 aliphatic carbocycles. The molecular formula is C24H25N5O. The molecule has 6 heteroatoms. The summed E-state index contributed by atoms with van der Waals surface area (Å²) in [6.07, 6.45) is 9.62. The molecule has 1 saturated heterocycles. The predicted octanol–water partition coefficient (Wildman–Crippen LogP) is 3.17. The number of nitrogens with zero attached hydrogens (tertiary/aromatic N) is 5. The van der Waals surface area contributed by atoms with Crippen molar-refractivity contribution in [3.63, 3.8) is 0 Å². The quantitative estimate of drug-likeness (QED) is 0.676. The summed E-state index contributed by atoms with van der Waals surface area (Å²) in [5.41, 5.74) is 3.08. The van der Waals surface area contributed by atoms with Crippen LogP contribution in [0.5, 0.6) is 0 Å². The van der Waals surface area contributed by atoms with Gasteiger partial charge in [0.15, 0.2) is 5.82 Å². The lowest BCUT2D eigenvalue weighted by Crippen LogP contribution is -2.53. The first-order chi connectivity index (χ1) is 14.7. The Morgan fingerprint density at radius 1 is 1.07 bits per heavy atom. The van der Waals surface area contributed by atoms with Gasteiger partial charge in [-0.2, -0.15) is 0 Å². The molecule has 0 N–H and O–H groups in total. The van der Waals surface area contributed by atoms with Crippen LogP contribution in [-0.4, -0.2) is 45.0 Å². The zero-order chi connectivity index (χ0) is 20.1. The van der Waals surface area contributed by atoms with E-state index in [1.54, 1.807) is 6.20 Å². The topological polar surface area (TPSA) is 54.3 Å². The van der Waals surface area contributed by atoms with Crippen LogP contribution in [-0.2, 0) is 16.8 Å². The van der Waals surface area contributed by atoms with Crippen LogP contribution in [0.25, 0.3) is 5.82 Å². The number of rotatable bonds is 4. The van der Waals surface area contributed by atoms with Crippen molar-refractivity contribution in [1.82, 2.24) is 19.4 Å². The van der Waals surface area contributed by atoms with E-state index in [4.69, 9.17) is 4.98 Å². The minimum absolute atomic E-state index is 0.159. The van der Waals surface area contributed by atoms with Crippen molar-refractivity contribution in [2.24, 2.45) is 5.92 Å². The SMILES string of the molecule is O=C(Cc1ccccn1)N1CCC2(C1)c1cccn1-c1ncccc1N2CC1CC1. The first-order valence-corrected chi connectivity index (χ1v) is 10.8. The van der Waals surface area contributed by atoms with Crippen LogP contribution in [0.3, 0.4) is 0 Å². The lowest BCUT2D eigenvalue weighted by Gasteiger charge is -2.47. The van der Waals surface area contributed by atoms with Gasteiger partial charge in [-0.25, -0.2) is 4.98 Å². The molecule has 2 aliphatic heterocycles. The molecule has 30 heavy (non-hydrogen) atoms. The summed E-state index contributed by atoms with van der Waals surface area (Å²) in [4.78, 5) is 26.8. The van der Waals surface area contributed by atoms with Crippen molar-refractivity contribution in [3.8, 4) is 5.82 Å². The van der Waals surface area contributed by atoms with Gasteiger partial charge in [-0.15, -0.1) is 0 Å². The third-order valence-corrected chi connectivity index (χ3v) is 6.82. The highest BCUT2D eigenvalue weighted by molar-refractivity contribution is 5.79. The van der Waals surface area contributed by atoms with E-state index in [0.717, 1.165) is 36.9 Å². The fourth-order valence-corrected chi connectivity index (χ4v) is 5.14. The van der Waals surface area contributed by atoms with E-state index in [-0.39, 0.29) is 11.4 Å². The van der Waals surface area contributed by atoms with Gasteiger partial charge in [0.25, 0.3) is 0 Å². The Morgan fingerprint density at radius 3 is 2.80 bits per heavy atom. The van der Waals surface area contributed by atoms with Crippen LogP contribution < -0.4 is 4.90 Å². The van der Waals surface area contributed by atoms with E-state index in [2.05, 4.69) is 38.8 Å². The van der Waals surface area contributed by atoms with E-state index >= 15 is 0 Å². The Hall–Kier alpha value is -3.15. The maximum Gasteiger partial charge on any atom is 0.228 e. The van der Waals surface area contributed by atoms with Crippen molar-refractivity contribution >= 4 is 11.6 Å². The molecule has 3 aromatic rings. The maximum absolute atomic E-state index is 13.1. The molecule has 0 aromatic carbocycles. The van der Waals surface area contributed by atoms with E-state index in [1.165, 1.54) is 24.2 Å². The van der Waals surface area contributed by atoms with Crippen LogP contribution in [0.1, 0.15) is 30.7 Å². The number of carbonyl (C=O) groups is 1. The zero-order valence-corrected chi connectivity index (χ0v) is 16.9. The molecule has 1 atom stereocenters. The Labute approximate surface area is 176 Å². The zero-order valence-electron chi connectivity index (χ0n) is 16.9. The largest absolute Gasteiger partial charge is 0.355 e. The summed E-state index contributed by atoms with van der Waals surface area (Å²) in [5, 5.41) is 0. The minimum Gasteiger partial charge on any atom is -0.355 e. The Morgan fingerprint density at radius 2 is 1.97 bits per heavy atom. The molecule has 152 valence electrons. The average Bonchev–Trinajstić information content (AvgIpc) is 3.27. The van der Waals surface area contributed by atoms with Crippen LogP contribution in [0.4, 0.5) is 5.69 Å². The minimum atomic E-state index is -0.193. The molecule has 2 fully saturated rings. The van der Waals surface area contributed by atoms with Crippen molar-refractivity contribution in [3.05, 3.63) is 72.4 Å². The van der Waals surface area contributed by atoms with Gasteiger partial charge in [0, 0.05) is 43.9 Å². The van der Waals surface area contributed by atoms with Gasteiger partial charge < -0.3 is 14.4 Å². The predicted molar refractivity (Wildman–Crippen MR) is 114 cm³/mol. The highest BCUT2D eigenvalue weighted by Crippen LogP contribution is 2.48. The Bertz CT molecular complexity index is 1090. The van der Waals surface area contributed by atoms with Crippen LogP contribution in [0.15, 0.2) is 61.1 Å². The molecular weight excluding hydrogens is 374 g/mol. The van der Waals surface area contributed by atoms with Crippen molar-refractivity contribution in [1.29, 1.82) is 0 Å². The monoisotopic (exact) mass is 399 g/mol. The number of hydrogen-bond donors (Lipinski definition) is 0. The lowest BCUT2D eigenvalue weighted by molar-refractivity contribution is -0.129. The van der Waals surface area contributed by atoms with Gasteiger partial charge in [-0.1, -0.05) is 6.07 Å². The molecule has 3 aromatic heterocycles. The van der Waals surface area contributed by atoms with Gasteiger partial charge >= 0.3 is 0 Å². The van der Waals surface area contributed by atoms with Gasteiger partial charge in [0.2, 0.25) is 5.91 Å². The summed E-state index contributed by atoms with van der Waals surface area (Å²) in [5.74, 6) is 1.91. The second kappa shape index (κ2) is 6.69. The molecule has 0 bridgehead atoms. The molecule has 3 aliphatic rings.